The zero-order valence-electron chi connectivity index (χ0n) is 8.12. The van der Waals surface area contributed by atoms with E-state index >= 15 is 0 Å². The number of hydrogen-bond acceptors (Lipinski definition) is 3. The van der Waals surface area contributed by atoms with Crippen molar-refractivity contribution in [2.45, 2.75) is 12.8 Å². The number of carbonyl (C=O) groups is 1. The summed E-state index contributed by atoms with van der Waals surface area (Å²) in [6, 6.07) is 0. The van der Waals surface area contributed by atoms with E-state index in [2.05, 4.69) is 5.32 Å². The number of carbonyl (C=O) groups excluding carboxylic acids is 1. The first-order chi connectivity index (χ1) is 6.27. The van der Waals surface area contributed by atoms with Crippen molar-refractivity contribution < 1.29 is 9.90 Å². The second-order valence-electron chi connectivity index (χ2n) is 3.55. The zero-order chi connectivity index (χ0) is 9.68. The number of aliphatic hydroxyl groups is 1. The van der Waals surface area contributed by atoms with Crippen molar-refractivity contribution in [2.75, 3.05) is 33.3 Å². The van der Waals surface area contributed by atoms with Crippen LogP contribution in [0.3, 0.4) is 0 Å². The molecule has 1 rings (SSSR count). The SMILES string of the molecule is CNCCCC(=O)N1CC(CO)C1. The molecule has 1 saturated heterocycles. The summed E-state index contributed by atoms with van der Waals surface area (Å²) in [5.74, 6) is 0.549. The molecule has 0 unspecified atom stereocenters. The molecule has 0 aromatic rings. The molecule has 0 radical (unpaired) electrons. The Morgan fingerprint density at radius 2 is 2.31 bits per heavy atom. The van der Waals surface area contributed by atoms with Crippen molar-refractivity contribution >= 4 is 5.91 Å². The molecule has 4 nitrogen and oxygen atoms in total. The maximum atomic E-state index is 11.4. The van der Waals surface area contributed by atoms with Crippen LogP contribution in [0.1, 0.15) is 12.8 Å². The maximum absolute atomic E-state index is 11.4. The van der Waals surface area contributed by atoms with E-state index < -0.39 is 0 Å². The van der Waals surface area contributed by atoms with Gasteiger partial charge >= 0.3 is 0 Å². The minimum Gasteiger partial charge on any atom is -0.396 e. The molecule has 0 saturated carbocycles. The minimum atomic E-state index is 0.209. The van der Waals surface area contributed by atoms with Crippen molar-refractivity contribution in [1.29, 1.82) is 0 Å². The van der Waals surface area contributed by atoms with Crippen LogP contribution >= 0.6 is 0 Å². The summed E-state index contributed by atoms with van der Waals surface area (Å²) >= 11 is 0. The summed E-state index contributed by atoms with van der Waals surface area (Å²) in [6.07, 6.45) is 1.52. The van der Waals surface area contributed by atoms with Crippen molar-refractivity contribution in [2.24, 2.45) is 5.92 Å². The van der Waals surface area contributed by atoms with Crippen LogP contribution < -0.4 is 5.32 Å². The normalized spacial score (nSPS) is 17.2. The second-order valence-corrected chi connectivity index (χ2v) is 3.55. The first-order valence-corrected chi connectivity index (χ1v) is 4.81. The number of nitrogens with one attached hydrogen (secondary N) is 1. The van der Waals surface area contributed by atoms with Crippen LogP contribution in [0.2, 0.25) is 0 Å². The van der Waals surface area contributed by atoms with E-state index in [1.54, 1.807) is 0 Å². The van der Waals surface area contributed by atoms with Gasteiger partial charge in [-0.25, -0.2) is 0 Å². The molecule has 76 valence electrons. The topological polar surface area (TPSA) is 52.6 Å². The van der Waals surface area contributed by atoms with Crippen molar-refractivity contribution in [3.05, 3.63) is 0 Å². The number of amides is 1. The van der Waals surface area contributed by atoms with Gasteiger partial charge in [-0.1, -0.05) is 0 Å². The van der Waals surface area contributed by atoms with Gasteiger partial charge in [0, 0.05) is 32.0 Å². The standard InChI is InChI=1S/C9H18N2O2/c1-10-4-2-3-9(13)11-5-8(6-11)7-12/h8,10,12H,2-7H2,1H3. The molecule has 13 heavy (non-hydrogen) atoms. The van der Waals surface area contributed by atoms with Crippen LogP contribution in [0.4, 0.5) is 0 Å². The molecular formula is C9H18N2O2. The van der Waals surface area contributed by atoms with Gasteiger partial charge in [0.2, 0.25) is 5.91 Å². The summed E-state index contributed by atoms with van der Waals surface area (Å²) in [5.41, 5.74) is 0. The van der Waals surface area contributed by atoms with Crippen molar-refractivity contribution in [1.82, 2.24) is 10.2 Å². The van der Waals surface area contributed by atoms with Gasteiger partial charge in [0.15, 0.2) is 0 Å². The third kappa shape index (κ3) is 2.97. The zero-order valence-corrected chi connectivity index (χ0v) is 8.12. The molecule has 4 heteroatoms. The van der Waals surface area contributed by atoms with Crippen molar-refractivity contribution in [3.63, 3.8) is 0 Å². The van der Waals surface area contributed by atoms with Gasteiger partial charge in [-0.05, 0) is 20.0 Å². The highest BCUT2D eigenvalue weighted by Gasteiger charge is 2.28. The van der Waals surface area contributed by atoms with Gasteiger partial charge in [0.25, 0.3) is 0 Å². The number of likely N-dealkylation sites (tertiary alicyclic amines) is 1. The number of hydrogen-bond donors (Lipinski definition) is 2. The minimum absolute atomic E-state index is 0.209. The van der Waals surface area contributed by atoms with E-state index in [0.717, 1.165) is 26.1 Å². The second kappa shape index (κ2) is 5.19. The van der Waals surface area contributed by atoms with Gasteiger partial charge in [0.05, 0.1) is 0 Å². The third-order valence-electron chi connectivity index (χ3n) is 2.39. The van der Waals surface area contributed by atoms with Gasteiger partial charge in [-0.15, -0.1) is 0 Å². The summed E-state index contributed by atoms with van der Waals surface area (Å²) in [5, 5.41) is 11.8. The van der Waals surface area contributed by atoms with Gasteiger partial charge in [-0.2, -0.15) is 0 Å². The van der Waals surface area contributed by atoms with E-state index in [-0.39, 0.29) is 12.5 Å². The van der Waals surface area contributed by atoms with Crippen LogP contribution in [0.5, 0.6) is 0 Å². The predicted octanol–water partition coefficient (Wildman–Crippen LogP) is -0.563. The average Bonchev–Trinajstić information content (AvgIpc) is 2.03. The Labute approximate surface area is 78.9 Å². The molecule has 0 aromatic carbocycles. The largest absolute Gasteiger partial charge is 0.396 e. The summed E-state index contributed by atoms with van der Waals surface area (Å²) in [7, 11) is 1.88. The highest BCUT2D eigenvalue weighted by molar-refractivity contribution is 5.76. The molecule has 1 aliphatic rings. The first-order valence-electron chi connectivity index (χ1n) is 4.81. The molecule has 0 bridgehead atoms. The number of aliphatic hydroxyl groups excluding tert-OH is 1. The van der Waals surface area contributed by atoms with Gasteiger partial charge < -0.3 is 15.3 Å². The summed E-state index contributed by atoms with van der Waals surface area (Å²) in [6.45, 7) is 2.59. The van der Waals surface area contributed by atoms with Crippen molar-refractivity contribution in [3.8, 4) is 0 Å². The van der Waals surface area contributed by atoms with E-state index in [4.69, 9.17) is 5.11 Å². The Kier molecular flexibility index (Phi) is 4.18. The van der Waals surface area contributed by atoms with E-state index in [1.807, 2.05) is 11.9 Å². The quantitative estimate of drug-likeness (QED) is 0.566. The highest BCUT2D eigenvalue weighted by atomic mass is 16.3. The Bertz CT molecular complexity index is 167. The number of nitrogens with zero attached hydrogens (tertiary/aromatic N) is 1. The Morgan fingerprint density at radius 3 is 2.85 bits per heavy atom. The molecule has 1 fully saturated rings. The fraction of sp³-hybridized carbons (Fsp3) is 0.889. The molecule has 0 atom stereocenters. The lowest BCUT2D eigenvalue weighted by molar-refractivity contribution is -0.138. The molecule has 1 amide bonds. The third-order valence-corrected chi connectivity index (χ3v) is 2.39. The lowest BCUT2D eigenvalue weighted by Crippen LogP contribution is -2.51. The maximum Gasteiger partial charge on any atom is 0.222 e. The van der Waals surface area contributed by atoms with E-state index in [9.17, 15) is 4.79 Å². The van der Waals surface area contributed by atoms with Crippen LogP contribution in [-0.2, 0) is 4.79 Å². The summed E-state index contributed by atoms with van der Waals surface area (Å²) < 4.78 is 0. The van der Waals surface area contributed by atoms with Gasteiger partial charge in [0.1, 0.15) is 0 Å². The number of rotatable bonds is 5. The van der Waals surface area contributed by atoms with E-state index in [0.29, 0.717) is 12.3 Å². The smallest absolute Gasteiger partial charge is 0.222 e. The summed E-state index contributed by atoms with van der Waals surface area (Å²) in [4.78, 5) is 13.2. The fourth-order valence-corrected chi connectivity index (χ4v) is 1.46. The van der Waals surface area contributed by atoms with E-state index in [1.165, 1.54) is 0 Å². The van der Waals surface area contributed by atoms with Gasteiger partial charge in [-0.3, -0.25) is 4.79 Å². The van der Waals surface area contributed by atoms with Crippen LogP contribution in [0, 0.1) is 5.92 Å². The first kappa shape index (κ1) is 10.5. The Hall–Kier alpha value is -0.610. The van der Waals surface area contributed by atoms with Crippen LogP contribution in [0.25, 0.3) is 0 Å². The van der Waals surface area contributed by atoms with Crippen LogP contribution in [0.15, 0.2) is 0 Å². The molecule has 0 spiro atoms. The molecule has 1 aliphatic heterocycles. The molecule has 1 heterocycles. The molecule has 0 aliphatic carbocycles. The molecular weight excluding hydrogens is 168 g/mol. The molecule has 2 N–H and O–H groups in total. The lowest BCUT2D eigenvalue weighted by Gasteiger charge is -2.38. The molecule has 0 aromatic heterocycles. The fourth-order valence-electron chi connectivity index (χ4n) is 1.46. The lowest BCUT2D eigenvalue weighted by atomic mass is 10.0. The highest BCUT2D eigenvalue weighted by Crippen LogP contribution is 2.15. The monoisotopic (exact) mass is 186 g/mol. The predicted molar refractivity (Wildman–Crippen MR) is 50.3 cm³/mol. The Balaban J connectivity index is 2.05. The van der Waals surface area contributed by atoms with Crippen LogP contribution in [-0.4, -0.2) is 49.2 Å². The Morgan fingerprint density at radius 1 is 1.62 bits per heavy atom. The average molecular weight is 186 g/mol.